The molecule has 23 heavy (non-hydrogen) atoms. The fraction of sp³-hybridized carbons (Fsp3) is 0.700. The predicted molar refractivity (Wildman–Crippen MR) is 99.1 cm³/mol. The Kier molecular flexibility index (Phi) is 11.0. The fourth-order valence-electron chi connectivity index (χ4n) is 3.12. The Labute approximate surface area is 142 Å². The van der Waals surface area contributed by atoms with Gasteiger partial charge in [0.2, 0.25) is 0 Å². The minimum Gasteiger partial charge on any atom is -0.347 e. The SMILES string of the molecule is CCCCCCCCCCCC[N+](CO)(CO)c1ccccc1. The van der Waals surface area contributed by atoms with Crippen LogP contribution in [0.2, 0.25) is 0 Å². The zero-order chi connectivity index (χ0) is 16.8. The molecular weight excluding hydrogens is 286 g/mol. The molecule has 0 amide bonds. The first-order valence-electron chi connectivity index (χ1n) is 9.42. The number of aliphatic hydroxyl groups is 2. The standard InChI is InChI=1S/C20H36NO2/c1-2-3-4-5-6-7-8-9-10-14-17-21(18-22,19-23)20-15-12-11-13-16-20/h11-13,15-16,22-23H,2-10,14,17-19H2,1H3/q+1. The van der Waals surface area contributed by atoms with Gasteiger partial charge in [-0.05, 0) is 25.0 Å². The lowest BCUT2D eigenvalue weighted by Crippen LogP contribution is -2.51. The molecule has 1 rings (SSSR count). The van der Waals surface area contributed by atoms with E-state index < -0.39 is 0 Å². The minimum absolute atomic E-state index is 0.0437. The van der Waals surface area contributed by atoms with E-state index >= 15 is 0 Å². The van der Waals surface area contributed by atoms with Crippen LogP contribution in [0.3, 0.4) is 0 Å². The maximum absolute atomic E-state index is 9.79. The molecule has 2 N–H and O–H groups in total. The quantitative estimate of drug-likeness (QED) is 0.293. The molecule has 0 radical (unpaired) electrons. The zero-order valence-electron chi connectivity index (χ0n) is 14.9. The van der Waals surface area contributed by atoms with Crippen molar-refractivity contribution in [2.75, 3.05) is 20.0 Å². The van der Waals surface area contributed by atoms with Crippen LogP contribution in [0.15, 0.2) is 30.3 Å². The number of quaternary nitrogens is 1. The van der Waals surface area contributed by atoms with Crippen molar-refractivity contribution in [1.82, 2.24) is 4.48 Å². The third kappa shape index (κ3) is 7.47. The average Bonchev–Trinajstić information content (AvgIpc) is 2.61. The average molecular weight is 323 g/mol. The van der Waals surface area contributed by atoms with Gasteiger partial charge >= 0.3 is 0 Å². The van der Waals surface area contributed by atoms with E-state index in [1.54, 1.807) is 0 Å². The number of unbranched alkanes of at least 4 members (excludes halogenated alkanes) is 9. The molecule has 0 atom stereocenters. The molecule has 1 aromatic carbocycles. The zero-order valence-corrected chi connectivity index (χ0v) is 14.9. The van der Waals surface area contributed by atoms with Gasteiger partial charge in [0.25, 0.3) is 0 Å². The molecule has 0 saturated heterocycles. The summed E-state index contributed by atoms with van der Waals surface area (Å²) in [5.41, 5.74) is 0.994. The van der Waals surface area contributed by atoms with Crippen molar-refractivity contribution < 1.29 is 10.2 Å². The van der Waals surface area contributed by atoms with Crippen molar-refractivity contribution in [2.24, 2.45) is 0 Å². The molecule has 0 heterocycles. The van der Waals surface area contributed by atoms with E-state index in [4.69, 9.17) is 0 Å². The Morgan fingerprint density at radius 2 is 1.17 bits per heavy atom. The highest BCUT2D eigenvalue weighted by Gasteiger charge is 2.27. The molecule has 0 aliphatic heterocycles. The Morgan fingerprint density at radius 1 is 0.696 bits per heavy atom. The third-order valence-electron chi connectivity index (χ3n) is 4.79. The lowest BCUT2D eigenvalue weighted by Gasteiger charge is -2.34. The summed E-state index contributed by atoms with van der Waals surface area (Å²) in [4.78, 5) is 0. The topological polar surface area (TPSA) is 40.5 Å². The van der Waals surface area contributed by atoms with Crippen LogP contribution >= 0.6 is 0 Å². The molecule has 0 fully saturated rings. The molecule has 0 spiro atoms. The molecule has 0 aliphatic carbocycles. The second-order valence-electron chi connectivity index (χ2n) is 6.67. The van der Waals surface area contributed by atoms with Gasteiger partial charge in [0.05, 0.1) is 6.54 Å². The molecule has 1 aromatic rings. The molecular formula is C20H36NO2+. The second kappa shape index (κ2) is 12.5. The van der Waals surface area contributed by atoms with Crippen molar-refractivity contribution in [1.29, 1.82) is 0 Å². The van der Waals surface area contributed by atoms with E-state index in [0.29, 0.717) is 0 Å². The summed E-state index contributed by atoms with van der Waals surface area (Å²) in [7, 11) is 0. The maximum Gasteiger partial charge on any atom is 0.186 e. The Balaban J connectivity index is 2.19. The van der Waals surface area contributed by atoms with E-state index in [2.05, 4.69) is 6.92 Å². The number of rotatable bonds is 14. The van der Waals surface area contributed by atoms with Crippen LogP contribution in [-0.2, 0) is 0 Å². The number of nitrogens with zero attached hydrogens (tertiary/aromatic N) is 1. The summed E-state index contributed by atoms with van der Waals surface area (Å²) in [6.45, 7) is 2.97. The Bertz CT molecular complexity index is 376. The van der Waals surface area contributed by atoms with E-state index in [1.165, 1.54) is 57.8 Å². The van der Waals surface area contributed by atoms with Crippen molar-refractivity contribution in [3.8, 4) is 0 Å². The smallest absolute Gasteiger partial charge is 0.186 e. The van der Waals surface area contributed by atoms with Gasteiger partial charge in [0.15, 0.2) is 13.5 Å². The van der Waals surface area contributed by atoms with E-state index in [-0.39, 0.29) is 17.9 Å². The first-order chi connectivity index (χ1) is 11.3. The fourth-order valence-corrected chi connectivity index (χ4v) is 3.12. The van der Waals surface area contributed by atoms with Gasteiger partial charge in [0.1, 0.15) is 5.69 Å². The van der Waals surface area contributed by atoms with Gasteiger partial charge in [0, 0.05) is 0 Å². The Hall–Kier alpha value is -0.900. The van der Waals surface area contributed by atoms with Gasteiger partial charge in [-0.1, -0.05) is 76.5 Å². The molecule has 132 valence electrons. The Morgan fingerprint density at radius 3 is 1.65 bits per heavy atom. The molecule has 0 saturated carbocycles. The molecule has 3 nitrogen and oxygen atoms in total. The minimum atomic E-state index is -0.0437. The van der Waals surface area contributed by atoms with Crippen LogP contribution in [0.1, 0.15) is 71.1 Å². The van der Waals surface area contributed by atoms with Crippen molar-refractivity contribution in [3.05, 3.63) is 30.3 Å². The number of benzene rings is 1. The molecule has 0 unspecified atom stereocenters. The van der Waals surface area contributed by atoms with Crippen LogP contribution in [-0.4, -0.2) is 30.2 Å². The number of hydrogen-bond acceptors (Lipinski definition) is 2. The number of aliphatic hydroxyl groups excluding tert-OH is 2. The van der Waals surface area contributed by atoms with E-state index in [0.717, 1.165) is 18.7 Å². The largest absolute Gasteiger partial charge is 0.347 e. The monoisotopic (exact) mass is 322 g/mol. The summed E-state index contributed by atoms with van der Waals surface area (Å²) in [5, 5.41) is 19.6. The van der Waals surface area contributed by atoms with Gasteiger partial charge < -0.3 is 10.2 Å². The predicted octanol–water partition coefficient (Wildman–Crippen LogP) is 4.81. The highest BCUT2D eigenvalue weighted by atomic mass is 16.3. The maximum atomic E-state index is 9.79. The summed E-state index contributed by atoms with van der Waals surface area (Å²) in [5.74, 6) is 0. The van der Waals surface area contributed by atoms with Gasteiger partial charge in [-0.3, -0.25) is 0 Å². The molecule has 0 aromatic heterocycles. The summed E-state index contributed by atoms with van der Waals surface area (Å²) < 4.78 is 0.262. The lowest BCUT2D eigenvalue weighted by atomic mass is 10.1. The van der Waals surface area contributed by atoms with E-state index in [9.17, 15) is 10.2 Å². The molecule has 0 aliphatic rings. The molecule has 3 heteroatoms. The van der Waals surface area contributed by atoms with Gasteiger partial charge in [-0.2, -0.15) is 0 Å². The number of hydrogen-bond donors (Lipinski definition) is 2. The normalized spacial score (nSPS) is 11.8. The van der Waals surface area contributed by atoms with Crippen LogP contribution in [0.5, 0.6) is 0 Å². The van der Waals surface area contributed by atoms with Crippen LogP contribution in [0, 0.1) is 0 Å². The van der Waals surface area contributed by atoms with Gasteiger partial charge in [-0.15, -0.1) is 0 Å². The summed E-state index contributed by atoms with van der Waals surface area (Å²) in [6, 6.07) is 9.87. The van der Waals surface area contributed by atoms with Crippen LogP contribution in [0.25, 0.3) is 0 Å². The lowest BCUT2D eigenvalue weighted by molar-refractivity contribution is 0.0332. The van der Waals surface area contributed by atoms with Crippen molar-refractivity contribution in [2.45, 2.75) is 71.1 Å². The summed E-state index contributed by atoms with van der Waals surface area (Å²) in [6.07, 6.45) is 13.0. The van der Waals surface area contributed by atoms with E-state index in [1.807, 2.05) is 30.3 Å². The first-order valence-corrected chi connectivity index (χ1v) is 9.42. The first kappa shape index (κ1) is 20.1. The van der Waals surface area contributed by atoms with Gasteiger partial charge in [-0.25, -0.2) is 4.48 Å². The number of para-hydroxylation sites is 1. The molecule has 0 bridgehead atoms. The van der Waals surface area contributed by atoms with Crippen LogP contribution < -0.4 is 4.48 Å². The third-order valence-corrected chi connectivity index (χ3v) is 4.79. The summed E-state index contributed by atoms with van der Waals surface area (Å²) >= 11 is 0. The highest BCUT2D eigenvalue weighted by molar-refractivity contribution is 5.41. The highest BCUT2D eigenvalue weighted by Crippen LogP contribution is 2.23. The van der Waals surface area contributed by atoms with Crippen molar-refractivity contribution in [3.63, 3.8) is 0 Å². The second-order valence-corrected chi connectivity index (χ2v) is 6.67. The van der Waals surface area contributed by atoms with Crippen LogP contribution in [0.4, 0.5) is 5.69 Å². The van der Waals surface area contributed by atoms with Crippen molar-refractivity contribution >= 4 is 5.69 Å².